The van der Waals surface area contributed by atoms with Gasteiger partial charge in [0, 0.05) is 49.8 Å². The van der Waals surface area contributed by atoms with Crippen LogP contribution in [0.1, 0.15) is 18.5 Å². The molecular formula is C13H23N5S. The molecule has 0 spiro atoms. The largest absolute Gasteiger partial charge is 0.312 e. The van der Waals surface area contributed by atoms with E-state index in [1.165, 1.54) is 37.4 Å². The number of hydrogen-bond donors (Lipinski definition) is 1. The molecule has 5 nitrogen and oxygen atoms in total. The van der Waals surface area contributed by atoms with Crippen molar-refractivity contribution in [3.63, 3.8) is 0 Å². The van der Waals surface area contributed by atoms with Gasteiger partial charge in [0.2, 0.25) is 0 Å². The van der Waals surface area contributed by atoms with Crippen LogP contribution in [0.15, 0.2) is 6.20 Å². The molecule has 1 aromatic heterocycles. The maximum Gasteiger partial charge on any atom is 0.0839 e. The summed E-state index contributed by atoms with van der Waals surface area (Å²) in [6.07, 6.45) is 5.71. The van der Waals surface area contributed by atoms with Gasteiger partial charge < -0.3 is 10.2 Å². The van der Waals surface area contributed by atoms with E-state index in [4.69, 9.17) is 0 Å². The highest BCUT2D eigenvalue weighted by molar-refractivity contribution is 7.99. The molecule has 106 valence electrons. The van der Waals surface area contributed by atoms with E-state index in [0.29, 0.717) is 6.04 Å². The first kappa shape index (κ1) is 13.4. The zero-order valence-corrected chi connectivity index (χ0v) is 12.2. The van der Waals surface area contributed by atoms with Crippen LogP contribution in [0.5, 0.6) is 0 Å². The Morgan fingerprint density at radius 1 is 1.37 bits per heavy atom. The molecular weight excluding hydrogens is 258 g/mol. The number of thioether (sulfide) groups is 1. The topological polar surface area (TPSA) is 46.0 Å². The van der Waals surface area contributed by atoms with E-state index in [1.807, 2.05) is 4.68 Å². The van der Waals surface area contributed by atoms with Crippen molar-refractivity contribution in [2.75, 3.05) is 37.7 Å². The number of aromatic nitrogens is 3. The first-order valence-corrected chi connectivity index (χ1v) is 8.48. The van der Waals surface area contributed by atoms with Crippen LogP contribution < -0.4 is 5.32 Å². The fraction of sp³-hybridized carbons (Fsp3) is 0.846. The summed E-state index contributed by atoms with van der Waals surface area (Å²) in [7, 11) is 0. The van der Waals surface area contributed by atoms with Gasteiger partial charge in [-0.1, -0.05) is 5.21 Å². The highest BCUT2D eigenvalue weighted by atomic mass is 32.2. The molecule has 0 bridgehead atoms. The maximum atomic E-state index is 4.30. The van der Waals surface area contributed by atoms with E-state index in [0.717, 1.165) is 31.7 Å². The second kappa shape index (κ2) is 6.72. The lowest BCUT2D eigenvalue weighted by atomic mass is 10.2. The third kappa shape index (κ3) is 3.94. The van der Waals surface area contributed by atoms with E-state index in [1.54, 1.807) is 0 Å². The van der Waals surface area contributed by atoms with Gasteiger partial charge >= 0.3 is 0 Å². The summed E-state index contributed by atoms with van der Waals surface area (Å²) in [6.45, 7) is 5.70. The molecule has 0 aromatic carbocycles. The van der Waals surface area contributed by atoms with Crippen LogP contribution in [0.2, 0.25) is 0 Å². The van der Waals surface area contributed by atoms with Crippen LogP contribution in [0, 0.1) is 0 Å². The molecule has 2 fully saturated rings. The average molecular weight is 281 g/mol. The van der Waals surface area contributed by atoms with E-state index < -0.39 is 0 Å². The van der Waals surface area contributed by atoms with Crippen LogP contribution in [0.25, 0.3) is 0 Å². The van der Waals surface area contributed by atoms with Gasteiger partial charge in [-0.15, -0.1) is 5.10 Å². The monoisotopic (exact) mass is 281 g/mol. The molecule has 0 saturated carbocycles. The Bertz CT molecular complexity index is 382. The molecule has 0 radical (unpaired) electrons. The second-order valence-corrected chi connectivity index (χ2v) is 6.65. The van der Waals surface area contributed by atoms with Crippen LogP contribution in [0.4, 0.5) is 0 Å². The Morgan fingerprint density at radius 2 is 2.26 bits per heavy atom. The van der Waals surface area contributed by atoms with Crippen molar-refractivity contribution >= 4 is 11.8 Å². The molecule has 0 aliphatic carbocycles. The number of hydrogen-bond acceptors (Lipinski definition) is 5. The summed E-state index contributed by atoms with van der Waals surface area (Å²) < 4.78 is 2.00. The van der Waals surface area contributed by atoms with Crippen LogP contribution in [-0.4, -0.2) is 63.6 Å². The smallest absolute Gasteiger partial charge is 0.0839 e. The first-order valence-electron chi connectivity index (χ1n) is 7.33. The minimum Gasteiger partial charge on any atom is -0.312 e. The second-order valence-electron chi connectivity index (χ2n) is 5.43. The van der Waals surface area contributed by atoms with Gasteiger partial charge in [0.05, 0.1) is 12.2 Å². The fourth-order valence-electron chi connectivity index (χ4n) is 2.78. The van der Waals surface area contributed by atoms with Crippen molar-refractivity contribution in [3.8, 4) is 0 Å². The minimum atomic E-state index is 0.591. The fourth-order valence-corrected chi connectivity index (χ4v) is 3.76. The molecule has 6 heteroatoms. The third-order valence-electron chi connectivity index (χ3n) is 3.94. The molecule has 1 N–H and O–H groups in total. The first-order chi connectivity index (χ1) is 9.40. The lowest BCUT2D eigenvalue weighted by Crippen LogP contribution is -2.34. The Balaban J connectivity index is 1.44. The van der Waals surface area contributed by atoms with Gasteiger partial charge in [-0.25, -0.2) is 0 Å². The number of nitrogens with zero attached hydrogens (tertiary/aromatic N) is 4. The van der Waals surface area contributed by atoms with Crippen molar-refractivity contribution in [1.82, 2.24) is 25.2 Å². The normalized spacial score (nSPS) is 24.9. The molecule has 1 aromatic rings. The van der Waals surface area contributed by atoms with E-state index in [9.17, 15) is 0 Å². The summed E-state index contributed by atoms with van der Waals surface area (Å²) in [4.78, 5) is 2.54. The van der Waals surface area contributed by atoms with Gasteiger partial charge in [0.25, 0.3) is 0 Å². The van der Waals surface area contributed by atoms with E-state index in [2.05, 4.69) is 38.5 Å². The van der Waals surface area contributed by atoms with Crippen LogP contribution in [-0.2, 0) is 13.0 Å². The molecule has 2 aliphatic heterocycles. The standard InChI is InChI=1S/C13H23N5S/c1-2-12(14-4-1)10-18-11-13(15-16-18)3-5-17-6-8-19-9-7-17/h11-12,14H,1-10H2. The highest BCUT2D eigenvalue weighted by Crippen LogP contribution is 2.10. The summed E-state index contributed by atoms with van der Waals surface area (Å²) in [5, 5.41) is 12.0. The molecule has 2 saturated heterocycles. The molecule has 3 heterocycles. The average Bonchev–Trinajstić information content (AvgIpc) is 3.10. The maximum absolute atomic E-state index is 4.30. The van der Waals surface area contributed by atoms with Crippen molar-refractivity contribution < 1.29 is 0 Å². The number of rotatable bonds is 5. The van der Waals surface area contributed by atoms with Crippen molar-refractivity contribution in [2.24, 2.45) is 0 Å². The Morgan fingerprint density at radius 3 is 3.05 bits per heavy atom. The quantitative estimate of drug-likeness (QED) is 0.857. The Labute approximate surface area is 119 Å². The predicted octanol–water partition coefficient (Wildman–Crippen LogP) is 0.621. The zero-order chi connectivity index (χ0) is 12.9. The van der Waals surface area contributed by atoms with E-state index in [-0.39, 0.29) is 0 Å². The van der Waals surface area contributed by atoms with Crippen molar-refractivity contribution in [1.29, 1.82) is 0 Å². The minimum absolute atomic E-state index is 0.591. The van der Waals surface area contributed by atoms with Crippen molar-refractivity contribution in [3.05, 3.63) is 11.9 Å². The lowest BCUT2D eigenvalue weighted by molar-refractivity contribution is 0.305. The van der Waals surface area contributed by atoms with Gasteiger partial charge in [0.1, 0.15) is 0 Å². The summed E-state index contributed by atoms with van der Waals surface area (Å²) in [5.41, 5.74) is 1.14. The van der Waals surface area contributed by atoms with Gasteiger partial charge in [-0.3, -0.25) is 4.68 Å². The highest BCUT2D eigenvalue weighted by Gasteiger charge is 2.15. The molecule has 3 rings (SSSR count). The Hall–Kier alpha value is -0.590. The molecule has 1 atom stereocenters. The molecule has 1 unspecified atom stereocenters. The molecule has 19 heavy (non-hydrogen) atoms. The lowest BCUT2D eigenvalue weighted by Gasteiger charge is -2.25. The molecule has 0 amide bonds. The third-order valence-corrected chi connectivity index (χ3v) is 4.89. The Kier molecular flexibility index (Phi) is 4.74. The summed E-state index contributed by atoms with van der Waals surface area (Å²) in [5.74, 6) is 2.56. The van der Waals surface area contributed by atoms with E-state index >= 15 is 0 Å². The summed E-state index contributed by atoms with van der Waals surface area (Å²) >= 11 is 2.06. The zero-order valence-electron chi connectivity index (χ0n) is 11.4. The SMILES string of the molecule is c1c(CCN2CCSCC2)nnn1CC1CCCN1. The summed E-state index contributed by atoms with van der Waals surface area (Å²) in [6, 6.07) is 0.591. The van der Waals surface area contributed by atoms with Crippen molar-refractivity contribution in [2.45, 2.75) is 31.8 Å². The van der Waals surface area contributed by atoms with Gasteiger partial charge in [-0.2, -0.15) is 11.8 Å². The van der Waals surface area contributed by atoms with Crippen LogP contribution in [0.3, 0.4) is 0 Å². The van der Waals surface area contributed by atoms with Crippen LogP contribution >= 0.6 is 11.8 Å². The van der Waals surface area contributed by atoms with Gasteiger partial charge in [0.15, 0.2) is 0 Å². The van der Waals surface area contributed by atoms with Gasteiger partial charge in [-0.05, 0) is 19.4 Å². The molecule has 2 aliphatic rings. The predicted molar refractivity (Wildman–Crippen MR) is 78.5 cm³/mol. The number of nitrogens with one attached hydrogen (secondary N) is 1.